The van der Waals surface area contributed by atoms with E-state index in [4.69, 9.17) is 11.6 Å². The molecule has 0 N–H and O–H groups in total. The fourth-order valence-corrected chi connectivity index (χ4v) is 1.90. The number of halogens is 2. The molecule has 0 atom stereocenters. The Hall–Kier alpha value is -2.54. The molecule has 0 fully saturated rings. The van der Waals surface area contributed by atoms with Gasteiger partial charge < -0.3 is 4.90 Å². The molecule has 2 heterocycles. The summed E-state index contributed by atoms with van der Waals surface area (Å²) in [5.74, 6) is 0.342. The first-order valence-electron chi connectivity index (χ1n) is 6.04. The van der Waals surface area contributed by atoms with Gasteiger partial charge in [-0.15, -0.1) is 0 Å². The first-order valence-corrected chi connectivity index (χ1v) is 6.42. The van der Waals surface area contributed by atoms with Gasteiger partial charge in [0.15, 0.2) is 0 Å². The van der Waals surface area contributed by atoms with Crippen LogP contribution in [0.25, 0.3) is 5.95 Å². The molecule has 0 radical (unpaired) electrons. The zero-order valence-corrected chi connectivity index (χ0v) is 11.7. The second-order valence-corrected chi connectivity index (χ2v) is 4.53. The van der Waals surface area contributed by atoms with Crippen molar-refractivity contribution in [1.29, 1.82) is 0 Å². The van der Waals surface area contributed by atoms with E-state index in [0.29, 0.717) is 11.9 Å². The molecule has 6 nitrogen and oxygen atoms in total. The van der Waals surface area contributed by atoms with Crippen LogP contribution in [0.15, 0.2) is 42.7 Å². The SMILES string of the molecule is CN(c1ccc(F)cc1)c1nc(Cl)nc(-n2cccn2)n1. The standard InChI is InChI=1S/C13H10ClFN6/c1-20(10-5-3-9(15)4-6-10)12-17-11(14)18-13(19-12)21-8-2-7-16-21/h2-8H,1H3. The van der Waals surface area contributed by atoms with Gasteiger partial charge in [0.05, 0.1) is 0 Å². The summed E-state index contributed by atoms with van der Waals surface area (Å²) >= 11 is 5.93. The topological polar surface area (TPSA) is 59.7 Å². The minimum Gasteiger partial charge on any atom is -0.313 e. The molecule has 0 aliphatic heterocycles. The van der Waals surface area contributed by atoms with Crippen LogP contribution in [0.5, 0.6) is 0 Å². The third-order valence-electron chi connectivity index (χ3n) is 2.81. The third-order valence-corrected chi connectivity index (χ3v) is 2.98. The smallest absolute Gasteiger partial charge is 0.256 e. The Morgan fingerprint density at radius 1 is 1.14 bits per heavy atom. The second-order valence-electron chi connectivity index (χ2n) is 4.19. The van der Waals surface area contributed by atoms with Crippen molar-refractivity contribution in [2.75, 3.05) is 11.9 Å². The fraction of sp³-hybridized carbons (Fsp3) is 0.0769. The van der Waals surface area contributed by atoms with E-state index in [0.717, 1.165) is 5.69 Å². The minimum atomic E-state index is -0.307. The summed E-state index contributed by atoms with van der Waals surface area (Å²) in [7, 11) is 1.76. The lowest BCUT2D eigenvalue weighted by molar-refractivity contribution is 0.628. The Morgan fingerprint density at radius 2 is 1.90 bits per heavy atom. The number of nitrogens with zero attached hydrogens (tertiary/aromatic N) is 6. The number of hydrogen-bond acceptors (Lipinski definition) is 5. The average Bonchev–Trinajstić information content (AvgIpc) is 3.01. The van der Waals surface area contributed by atoms with Gasteiger partial charge in [0.1, 0.15) is 5.82 Å². The Bertz CT molecular complexity index is 744. The normalized spacial score (nSPS) is 10.6. The lowest BCUT2D eigenvalue weighted by atomic mass is 10.3. The van der Waals surface area contributed by atoms with Gasteiger partial charge in [-0.25, -0.2) is 9.07 Å². The van der Waals surface area contributed by atoms with Crippen molar-refractivity contribution in [2.45, 2.75) is 0 Å². The molecule has 21 heavy (non-hydrogen) atoms. The lowest BCUT2D eigenvalue weighted by Gasteiger charge is -2.17. The van der Waals surface area contributed by atoms with E-state index in [1.54, 1.807) is 42.5 Å². The van der Waals surface area contributed by atoms with Crippen LogP contribution in [0.2, 0.25) is 5.28 Å². The molecule has 0 aliphatic rings. The third kappa shape index (κ3) is 2.82. The van der Waals surface area contributed by atoms with E-state index >= 15 is 0 Å². The van der Waals surface area contributed by atoms with Crippen LogP contribution in [-0.2, 0) is 0 Å². The predicted molar refractivity (Wildman–Crippen MR) is 76.4 cm³/mol. The van der Waals surface area contributed by atoms with Crippen LogP contribution in [0.1, 0.15) is 0 Å². The van der Waals surface area contributed by atoms with E-state index in [-0.39, 0.29) is 11.1 Å². The molecule has 8 heteroatoms. The molecule has 0 bridgehead atoms. The van der Waals surface area contributed by atoms with Crippen molar-refractivity contribution in [3.8, 4) is 5.95 Å². The number of aromatic nitrogens is 5. The highest BCUT2D eigenvalue weighted by Crippen LogP contribution is 2.21. The molecular formula is C13H10ClFN6. The van der Waals surface area contributed by atoms with Crippen molar-refractivity contribution >= 4 is 23.2 Å². The molecule has 0 unspecified atom stereocenters. The number of benzene rings is 1. The maximum atomic E-state index is 13.0. The highest BCUT2D eigenvalue weighted by molar-refractivity contribution is 6.28. The molecule has 1 aromatic carbocycles. The Kier molecular flexibility index (Phi) is 3.49. The molecule has 2 aromatic heterocycles. The number of anilines is 2. The van der Waals surface area contributed by atoms with Crippen molar-refractivity contribution in [2.24, 2.45) is 0 Å². The van der Waals surface area contributed by atoms with Crippen LogP contribution >= 0.6 is 11.6 Å². The largest absolute Gasteiger partial charge is 0.313 e. The maximum absolute atomic E-state index is 13.0. The second kappa shape index (κ2) is 5.45. The molecule has 3 rings (SSSR count). The van der Waals surface area contributed by atoms with Gasteiger partial charge in [0.2, 0.25) is 11.2 Å². The monoisotopic (exact) mass is 304 g/mol. The highest BCUT2D eigenvalue weighted by atomic mass is 35.5. The first-order chi connectivity index (χ1) is 10.1. The van der Waals surface area contributed by atoms with E-state index < -0.39 is 0 Å². The quantitative estimate of drug-likeness (QED) is 0.744. The average molecular weight is 305 g/mol. The van der Waals surface area contributed by atoms with Crippen molar-refractivity contribution in [1.82, 2.24) is 24.7 Å². The van der Waals surface area contributed by atoms with Gasteiger partial charge in [-0.1, -0.05) is 0 Å². The van der Waals surface area contributed by atoms with Crippen LogP contribution in [0.3, 0.4) is 0 Å². The summed E-state index contributed by atoms with van der Waals surface area (Å²) in [5, 5.41) is 4.10. The summed E-state index contributed by atoms with van der Waals surface area (Å²) in [6.45, 7) is 0. The molecule has 106 valence electrons. The van der Waals surface area contributed by atoms with Crippen LogP contribution in [0.4, 0.5) is 16.0 Å². The van der Waals surface area contributed by atoms with Crippen molar-refractivity contribution in [3.05, 3.63) is 53.8 Å². The van der Waals surface area contributed by atoms with E-state index in [9.17, 15) is 4.39 Å². The summed E-state index contributed by atoms with van der Waals surface area (Å²) in [6.07, 6.45) is 3.31. The first kappa shape index (κ1) is 13.4. The zero-order valence-electron chi connectivity index (χ0n) is 11.0. The van der Waals surface area contributed by atoms with Gasteiger partial charge in [0, 0.05) is 25.1 Å². The lowest BCUT2D eigenvalue weighted by Crippen LogP contribution is -2.16. The highest BCUT2D eigenvalue weighted by Gasteiger charge is 2.12. The molecular weight excluding hydrogens is 295 g/mol. The van der Waals surface area contributed by atoms with E-state index in [1.807, 2.05) is 0 Å². The van der Waals surface area contributed by atoms with Crippen LogP contribution in [0, 0.1) is 5.82 Å². The van der Waals surface area contributed by atoms with Gasteiger partial charge in [0.25, 0.3) is 5.95 Å². The van der Waals surface area contributed by atoms with E-state index in [1.165, 1.54) is 16.8 Å². The Balaban J connectivity index is 2.00. The molecule has 0 saturated heterocycles. The molecule has 0 spiro atoms. The van der Waals surface area contributed by atoms with Crippen LogP contribution in [-0.4, -0.2) is 31.8 Å². The summed E-state index contributed by atoms with van der Waals surface area (Å²) in [5.41, 5.74) is 0.727. The number of hydrogen-bond donors (Lipinski definition) is 0. The minimum absolute atomic E-state index is 0.0551. The van der Waals surface area contributed by atoms with Gasteiger partial charge in [-0.2, -0.15) is 20.1 Å². The van der Waals surface area contributed by atoms with Gasteiger partial charge in [-0.05, 0) is 41.9 Å². The number of rotatable bonds is 3. The maximum Gasteiger partial charge on any atom is 0.256 e. The Labute approximate surface area is 124 Å². The summed E-state index contributed by atoms with van der Waals surface area (Å²) < 4.78 is 14.5. The molecule has 0 amide bonds. The molecule has 0 aliphatic carbocycles. The zero-order chi connectivity index (χ0) is 14.8. The molecule has 0 saturated carbocycles. The van der Waals surface area contributed by atoms with Crippen molar-refractivity contribution < 1.29 is 4.39 Å². The van der Waals surface area contributed by atoms with Gasteiger partial charge in [-0.3, -0.25) is 0 Å². The Morgan fingerprint density at radius 3 is 2.57 bits per heavy atom. The molecule has 3 aromatic rings. The van der Waals surface area contributed by atoms with Crippen molar-refractivity contribution in [3.63, 3.8) is 0 Å². The van der Waals surface area contributed by atoms with Gasteiger partial charge >= 0.3 is 0 Å². The van der Waals surface area contributed by atoms with Crippen LogP contribution < -0.4 is 4.90 Å². The predicted octanol–water partition coefficient (Wildman–Crippen LogP) is 2.62. The van der Waals surface area contributed by atoms with E-state index in [2.05, 4.69) is 20.1 Å². The fourth-order valence-electron chi connectivity index (χ4n) is 1.75. The summed E-state index contributed by atoms with van der Waals surface area (Å²) in [6, 6.07) is 7.73. The summed E-state index contributed by atoms with van der Waals surface area (Å²) in [4.78, 5) is 14.1.